The lowest BCUT2D eigenvalue weighted by molar-refractivity contribution is -0.122. The van der Waals surface area contributed by atoms with Crippen molar-refractivity contribution in [2.75, 3.05) is 6.26 Å². The van der Waals surface area contributed by atoms with E-state index in [1.54, 1.807) is 11.8 Å². The number of Topliss-reactive ketones (excluding diaryl/α,β-unsaturated/α-hetero) is 1. The molecule has 0 aromatic heterocycles. The summed E-state index contributed by atoms with van der Waals surface area (Å²) in [5, 5.41) is 2.89. The highest BCUT2D eigenvalue weighted by atomic mass is 32.2. The molecule has 1 atom stereocenters. The molecule has 4 heteroatoms. The van der Waals surface area contributed by atoms with Crippen molar-refractivity contribution in [1.82, 2.24) is 5.32 Å². The second-order valence-electron chi connectivity index (χ2n) is 5.25. The number of ketones is 1. The van der Waals surface area contributed by atoms with Crippen LogP contribution in [0.5, 0.6) is 0 Å². The molecule has 1 N–H and O–H groups in total. The molecule has 0 saturated carbocycles. The summed E-state index contributed by atoms with van der Waals surface area (Å²) in [6.07, 6.45) is 4.67. The minimum absolute atomic E-state index is 0.0254. The van der Waals surface area contributed by atoms with E-state index in [0.29, 0.717) is 12.8 Å². The molecule has 0 spiro atoms. The first-order chi connectivity index (χ1) is 9.69. The average molecular weight is 287 g/mol. The van der Waals surface area contributed by atoms with Crippen LogP contribution < -0.4 is 5.32 Å². The smallest absolute Gasteiger partial charge is 0.225 e. The van der Waals surface area contributed by atoms with Crippen molar-refractivity contribution in [3.05, 3.63) is 41.1 Å². The Hall–Kier alpha value is -1.55. The van der Waals surface area contributed by atoms with Gasteiger partial charge in [0.1, 0.15) is 0 Å². The number of hydrogen-bond acceptors (Lipinski definition) is 3. The van der Waals surface area contributed by atoms with Crippen molar-refractivity contribution in [2.45, 2.75) is 36.5 Å². The van der Waals surface area contributed by atoms with Gasteiger partial charge in [-0.2, -0.15) is 0 Å². The Balaban J connectivity index is 2.01. The molecule has 0 fully saturated rings. The predicted octanol–water partition coefficient (Wildman–Crippen LogP) is 3.02. The molecule has 1 aromatic carbocycles. The van der Waals surface area contributed by atoms with Gasteiger partial charge in [0, 0.05) is 34.9 Å². The van der Waals surface area contributed by atoms with Crippen LogP contribution in [0.1, 0.15) is 37.2 Å². The topological polar surface area (TPSA) is 46.2 Å². The van der Waals surface area contributed by atoms with Crippen molar-refractivity contribution in [1.29, 1.82) is 0 Å². The van der Waals surface area contributed by atoms with Crippen LogP contribution in [-0.2, 0) is 9.59 Å². The molecule has 20 heavy (non-hydrogen) atoms. The van der Waals surface area contributed by atoms with Crippen molar-refractivity contribution >= 4 is 23.5 Å². The van der Waals surface area contributed by atoms with Gasteiger partial charge in [-0.25, -0.2) is 0 Å². The summed E-state index contributed by atoms with van der Waals surface area (Å²) in [6, 6.07) is 8.20. The first-order valence-corrected chi connectivity index (χ1v) is 8.11. The normalized spacial score (nSPS) is 22.6. The van der Waals surface area contributed by atoms with Crippen LogP contribution in [0.2, 0.25) is 0 Å². The maximum atomic E-state index is 12.2. The van der Waals surface area contributed by atoms with Gasteiger partial charge in [0.25, 0.3) is 0 Å². The molecule has 3 rings (SSSR count). The van der Waals surface area contributed by atoms with Gasteiger partial charge in [-0.15, -0.1) is 11.8 Å². The zero-order valence-corrected chi connectivity index (χ0v) is 12.3. The fourth-order valence-corrected chi connectivity index (χ4v) is 3.43. The third kappa shape index (κ3) is 2.40. The second kappa shape index (κ2) is 5.44. The summed E-state index contributed by atoms with van der Waals surface area (Å²) in [5.74, 6) is 0.157. The largest absolute Gasteiger partial charge is 0.329 e. The van der Waals surface area contributed by atoms with E-state index >= 15 is 0 Å². The molecule has 0 unspecified atom stereocenters. The molecule has 3 nitrogen and oxygen atoms in total. The van der Waals surface area contributed by atoms with Crippen molar-refractivity contribution in [3.63, 3.8) is 0 Å². The average Bonchev–Trinajstić information content (AvgIpc) is 2.46. The molecule has 1 amide bonds. The van der Waals surface area contributed by atoms with Crippen molar-refractivity contribution in [2.24, 2.45) is 0 Å². The van der Waals surface area contributed by atoms with Crippen molar-refractivity contribution < 1.29 is 9.59 Å². The SMILES string of the molecule is CSc1ccc([C@@H]2CC(=O)NC3=C2C(=O)CCC3)cc1. The number of amides is 1. The number of thioether (sulfide) groups is 1. The zero-order chi connectivity index (χ0) is 14.1. The quantitative estimate of drug-likeness (QED) is 0.851. The summed E-state index contributed by atoms with van der Waals surface area (Å²) >= 11 is 1.69. The van der Waals surface area contributed by atoms with Gasteiger partial charge < -0.3 is 5.32 Å². The standard InChI is InChI=1S/C16H17NO2S/c1-20-11-7-5-10(6-8-11)12-9-15(19)17-13-3-2-4-14(18)16(12)13/h5-8,12H,2-4,9H2,1H3,(H,17,19)/t12-/m0/s1. The summed E-state index contributed by atoms with van der Waals surface area (Å²) in [6.45, 7) is 0. The molecule has 0 bridgehead atoms. The van der Waals surface area contributed by atoms with Crippen LogP contribution in [0.15, 0.2) is 40.4 Å². The van der Waals surface area contributed by atoms with Crippen LogP contribution in [0.3, 0.4) is 0 Å². The Kier molecular flexibility index (Phi) is 3.66. The van der Waals surface area contributed by atoms with Gasteiger partial charge >= 0.3 is 0 Å². The maximum Gasteiger partial charge on any atom is 0.225 e. The van der Waals surface area contributed by atoms with E-state index in [2.05, 4.69) is 17.4 Å². The van der Waals surface area contributed by atoms with Crippen LogP contribution in [0.25, 0.3) is 0 Å². The number of rotatable bonds is 2. The molecular weight excluding hydrogens is 270 g/mol. The van der Waals surface area contributed by atoms with Gasteiger partial charge in [0.2, 0.25) is 5.91 Å². The molecule has 104 valence electrons. The molecule has 1 aliphatic heterocycles. The van der Waals surface area contributed by atoms with E-state index in [-0.39, 0.29) is 17.6 Å². The maximum absolute atomic E-state index is 12.2. The van der Waals surface area contributed by atoms with E-state index in [4.69, 9.17) is 0 Å². The van der Waals surface area contributed by atoms with Gasteiger partial charge in [0.15, 0.2) is 5.78 Å². The van der Waals surface area contributed by atoms with Gasteiger partial charge in [0.05, 0.1) is 0 Å². The number of hydrogen-bond donors (Lipinski definition) is 1. The Bertz CT molecular complexity index is 589. The molecule has 0 saturated heterocycles. The third-order valence-electron chi connectivity index (χ3n) is 4.00. The monoisotopic (exact) mass is 287 g/mol. The lowest BCUT2D eigenvalue weighted by Crippen LogP contribution is -2.36. The molecule has 1 heterocycles. The molecule has 1 aliphatic carbocycles. The Morgan fingerprint density at radius 2 is 1.90 bits per heavy atom. The summed E-state index contributed by atoms with van der Waals surface area (Å²) < 4.78 is 0. The highest BCUT2D eigenvalue weighted by Crippen LogP contribution is 2.38. The first-order valence-electron chi connectivity index (χ1n) is 6.89. The Labute approximate surface area is 122 Å². The number of nitrogens with one attached hydrogen (secondary N) is 1. The van der Waals surface area contributed by atoms with Gasteiger partial charge in [-0.05, 0) is 36.8 Å². The second-order valence-corrected chi connectivity index (χ2v) is 6.13. The number of carbonyl (C=O) groups excluding carboxylic acids is 2. The van der Waals surface area contributed by atoms with E-state index in [1.165, 1.54) is 4.90 Å². The van der Waals surface area contributed by atoms with Gasteiger partial charge in [-0.1, -0.05) is 12.1 Å². The van der Waals surface area contributed by atoms with Crippen LogP contribution >= 0.6 is 11.8 Å². The van der Waals surface area contributed by atoms with Crippen LogP contribution in [-0.4, -0.2) is 17.9 Å². The molecule has 0 radical (unpaired) electrons. The Morgan fingerprint density at radius 3 is 2.60 bits per heavy atom. The summed E-state index contributed by atoms with van der Waals surface area (Å²) in [4.78, 5) is 25.3. The predicted molar refractivity (Wildman–Crippen MR) is 79.6 cm³/mol. The minimum Gasteiger partial charge on any atom is -0.329 e. The highest BCUT2D eigenvalue weighted by Gasteiger charge is 2.34. The number of benzene rings is 1. The first kappa shape index (κ1) is 13.4. The van der Waals surface area contributed by atoms with Crippen LogP contribution in [0, 0.1) is 0 Å². The van der Waals surface area contributed by atoms with Crippen LogP contribution in [0.4, 0.5) is 0 Å². The molecular formula is C16H17NO2S. The van der Waals surface area contributed by atoms with E-state index in [1.807, 2.05) is 18.4 Å². The number of allylic oxidation sites excluding steroid dienone is 2. The zero-order valence-electron chi connectivity index (χ0n) is 11.4. The highest BCUT2D eigenvalue weighted by molar-refractivity contribution is 7.98. The van der Waals surface area contributed by atoms with E-state index in [9.17, 15) is 9.59 Å². The third-order valence-corrected chi connectivity index (χ3v) is 4.75. The lowest BCUT2D eigenvalue weighted by atomic mass is 9.78. The minimum atomic E-state index is -0.0672. The Morgan fingerprint density at radius 1 is 1.15 bits per heavy atom. The lowest BCUT2D eigenvalue weighted by Gasteiger charge is -2.31. The van der Waals surface area contributed by atoms with E-state index in [0.717, 1.165) is 29.7 Å². The molecule has 2 aliphatic rings. The molecule has 1 aromatic rings. The van der Waals surface area contributed by atoms with Gasteiger partial charge in [-0.3, -0.25) is 9.59 Å². The fraction of sp³-hybridized carbons (Fsp3) is 0.375. The summed E-state index contributed by atoms with van der Waals surface area (Å²) in [7, 11) is 0. The number of carbonyl (C=O) groups is 2. The summed E-state index contributed by atoms with van der Waals surface area (Å²) in [5.41, 5.74) is 2.77. The van der Waals surface area contributed by atoms with E-state index < -0.39 is 0 Å². The van der Waals surface area contributed by atoms with Crippen molar-refractivity contribution in [3.8, 4) is 0 Å². The fourth-order valence-electron chi connectivity index (χ4n) is 3.03.